The number of amides is 2. The van der Waals surface area contributed by atoms with Crippen molar-refractivity contribution in [2.45, 2.75) is 39.8 Å². The van der Waals surface area contributed by atoms with E-state index in [1.807, 2.05) is 0 Å². The maximum Gasteiger partial charge on any atom is 0.319 e. The van der Waals surface area contributed by atoms with E-state index in [2.05, 4.69) is 4.99 Å². The Balaban J connectivity index is 2.48. The van der Waals surface area contributed by atoms with Crippen LogP contribution in [-0.2, 0) is 9.59 Å². The number of nitro groups is 1. The standard InChI is InChI=1S/C15H18N4O4/c1-9(2)17-13(20)14(21)18(10(3)4)15(17)16-11-5-7-12(8-6-11)19(22)23/h5-10H,1-4H3. The number of carbonyl (C=O) groups excluding carboxylic acids is 2. The molecule has 122 valence electrons. The third-order valence-corrected chi connectivity index (χ3v) is 3.37. The van der Waals surface area contributed by atoms with Crippen LogP contribution in [0.15, 0.2) is 29.3 Å². The highest BCUT2D eigenvalue weighted by atomic mass is 16.6. The molecule has 2 amide bonds. The van der Waals surface area contributed by atoms with Gasteiger partial charge in [0.1, 0.15) is 0 Å². The number of hydrogen-bond donors (Lipinski definition) is 0. The number of non-ortho nitro benzene ring substituents is 1. The Kier molecular flexibility index (Phi) is 4.44. The number of nitrogens with zero attached hydrogens (tertiary/aromatic N) is 4. The molecule has 1 saturated heterocycles. The molecule has 8 heteroatoms. The van der Waals surface area contributed by atoms with Gasteiger partial charge in [-0.25, -0.2) is 4.99 Å². The van der Waals surface area contributed by atoms with Gasteiger partial charge in [-0.3, -0.25) is 29.5 Å². The molecule has 1 aromatic rings. The molecule has 0 aliphatic carbocycles. The van der Waals surface area contributed by atoms with E-state index in [1.165, 1.54) is 34.1 Å². The second-order valence-corrected chi connectivity index (χ2v) is 5.72. The Morgan fingerprint density at radius 2 is 1.39 bits per heavy atom. The van der Waals surface area contributed by atoms with Gasteiger partial charge in [0.05, 0.1) is 10.6 Å². The Hall–Kier alpha value is -2.77. The van der Waals surface area contributed by atoms with Crippen molar-refractivity contribution in [1.82, 2.24) is 9.80 Å². The van der Waals surface area contributed by atoms with Crippen molar-refractivity contribution in [2.24, 2.45) is 4.99 Å². The summed E-state index contributed by atoms with van der Waals surface area (Å²) >= 11 is 0. The number of guanidine groups is 1. The minimum absolute atomic E-state index is 0.0473. The lowest BCUT2D eigenvalue weighted by atomic mass is 10.3. The molecule has 0 saturated carbocycles. The second kappa shape index (κ2) is 6.15. The molecule has 2 rings (SSSR count). The van der Waals surface area contributed by atoms with E-state index in [0.717, 1.165) is 0 Å². The Labute approximate surface area is 133 Å². The predicted molar refractivity (Wildman–Crippen MR) is 84.2 cm³/mol. The predicted octanol–water partition coefficient (Wildman–Crippen LogP) is 2.07. The summed E-state index contributed by atoms with van der Waals surface area (Å²) in [5.74, 6) is -0.984. The van der Waals surface area contributed by atoms with Gasteiger partial charge in [-0.15, -0.1) is 0 Å². The topological polar surface area (TPSA) is 96.1 Å². The minimum Gasteiger partial charge on any atom is -0.271 e. The summed E-state index contributed by atoms with van der Waals surface area (Å²) in [4.78, 5) is 41.6. The zero-order valence-corrected chi connectivity index (χ0v) is 13.4. The summed E-state index contributed by atoms with van der Waals surface area (Å²) < 4.78 is 0. The van der Waals surface area contributed by atoms with E-state index in [-0.39, 0.29) is 23.7 Å². The van der Waals surface area contributed by atoms with Crippen LogP contribution in [0.3, 0.4) is 0 Å². The van der Waals surface area contributed by atoms with E-state index in [0.29, 0.717) is 5.69 Å². The van der Waals surface area contributed by atoms with Gasteiger partial charge in [0.2, 0.25) is 5.96 Å². The maximum atomic E-state index is 12.2. The number of hydrogen-bond acceptors (Lipinski definition) is 5. The van der Waals surface area contributed by atoms with Gasteiger partial charge in [0.15, 0.2) is 0 Å². The average molecular weight is 318 g/mol. The number of aliphatic imine (C=N–C) groups is 1. The summed E-state index contributed by atoms with van der Waals surface area (Å²) in [6.07, 6.45) is 0. The lowest BCUT2D eigenvalue weighted by Gasteiger charge is -2.25. The van der Waals surface area contributed by atoms with Crippen LogP contribution in [-0.4, -0.2) is 44.6 Å². The average Bonchev–Trinajstić information content (AvgIpc) is 2.71. The molecule has 0 bridgehead atoms. The number of carbonyl (C=O) groups is 2. The zero-order chi connectivity index (χ0) is 17.3. The lowest BCUT2D eigenvalue weighted by molar-refractivity contribution is -0.384. The molecule has 0 atom stereocenters. The van der Waals surface area contributed by atoms with Crippen molar-refractivity contribution >= 4 is 29.1 Å². The van der Waals surface area contributed by atoms with E-state index >= 15 is 0 Å². The maximum absolute atomic E-state index is 12.2. The third kappa shape index (κ3) is 3.05. The number of rotatable bonds is 4. The van der Waals surface area contributed by atoms with Crippen LogP contribution in [0, 0.1) is 10.1 Å². The van der Waals surface area contributed by atoms with Gasteiger partial charge in [0.25, 0.3) is 5.69 Å². The van der Waals surface area contributed by atoms with Crippen molar-refractivity contribution in [2.75, 3.05) is 0 Å². The van der Waals surface area contributed by atoms with Crippen LogP contribution in [0.4, 0.5) is 11.4 Å². The minimum atomic E-state index is -0.616. The molecular weight excluding hydrogens is 300 g/mol. The summed E-state index contributed by atoms with van der Waals surface area (Å²) in [5, 5.41) is 10.7. The van der Waals surface area contributed by atoms with Crippen molar-refractivity contribution in [3.8, 4) is 0 Å². The molecule has 1 fully saturated rings. The van der Waals surface area contributed by atoms with Crippen molar-refractivity contribution in [1.29, 1.82) is 0 Å². The van der Waals surface area contributed by atoms with Crippen LogP contribution < -0.4 is 0 Å². The van der Waals surface area contributed by atoms with Gasteiger partial charge in [-0.05, 0) is 39.8 Å². The molecule has 8 nitrogen and oxygen atoms in total. The monoisotopic (exact) mass is 318 g/mol. The fraction of sp³-hybridized carbons (Fsp3) is 0.400. The Morgan fingerprint density at radius 1 is 0.957 bits per heavy atom. The molecule has 0 radical (unpaired) electrons. The second-order valence-electron chi connectivity index (χ2n) is 5.72. The third-order valence-electron chi connectivity index (χ3n) is 3.37. The van der Waals surface area contributed by atoms with Crippen LogP contribution >= 0.6 is 0 Å². The molecular formula is C15H18N4O4. The molecule has 23 heavy (non-hydrogen) atoms. The molecule has 0 N–H and O–H groups in total. The summed E-state index contributed by atoms with van der Waals surface area (Å²) in [6.45, 7) is 7.17. The number of nitro benzene ring substituents is 1. The van der Waals surface area contributed by atoms with Crippen LogP contribution in [0.25, 0.3) is 0 Å². The van der Waals surface area contributed by atoms with E-state index in [1.54, 1.807) is 27.7 Å². The van der Waals surface area contributed by atoms with Crippen LogP contribution in [0.2, 0.25) is 0 Å². The van der Waals surface area contributed by atoms with Gasteiger partial charge < -0.3 is 0 Å². The van der Waals surface area contributed by atoms with Crippen LogP contribution in [0.1, 0.15) is 27.7 Å². The molecule has 0 unspecified atom stereocenters. The zero-order valence-electron chi connectivity index (χ0n) is 13.4. The van der Waals surface area contributed by atoms with E-state index < -0.39 is 16.7 Å². The first-order chi connectivity index (χ1) is 10.7. The van der Waals surface area contributed by atoms with Crippen LogP contribution in [0.5, 0.6) is 0 Å². The molecule has 1 aliphatic rings. The first kappa shape index (κ1) is 16.6. The first-order valence-electron chi connectivity index (χ1n) is 7.24. The first-order valence-corrected chi connectivity index (χ1v) is 7.24. The van der Waals surface area contributed by atoms with Gasteiger partial charge in [-0.2, -0.15) is 0 Å². The summed E-state index contributed by atoms with van der Waals surface area (Å²) in [5.41, 5.74) is 0.387. The molecule has 1 aromatic carbocycles. The highest BCUT2D eigenvalue weighted by Gasteiger charge is 2.45. The molecule has 1 heterocycles. The van der Waals surface area contributed by atoms with E-state index in [4.69, 9.17) is 0 Å². The summed E-state index contributed by atoms with van der Waals surface area (Å²) in [7, 11) is 0. The fourth-order valence-electron chi connectivity index (χ4n) is 2.31. The normalized spacial score (nSPS) is 15.1. The Bertz CT molecular complexity index is 651. The largest absolute Gasteiger partial charge is 0.319 e. The molecule has 0 spiro atoms. The van der Waals surface area contributed by atoms with Crippen molar-refractivity contribution in [3.63, 3.8) is 0 Å². The smallest absolute Gasteiger partial charge is 0.271 e. The highest BCUT2D eigenvalue weighted by molar-refractivity contribution is 6.45. The summed E-state index contributed by atoms with van der Waals surface area (Å²) in [6, 6.07) is 5.17. The fourth-order valence-corrected chi connectivity index (χ4v) is 2.31. The molecule has 0 aromatic heterocycles. The van der Waals surface area contributed by atoms with Crippen molar-refractivity contribution < 1.29 is 14.5 Å². The Morgan fingerprint density at radius 3 is 1.74 bits per heavy atom. The molecule has 1 aliphatic heterocycles. The highest BCUT2D eigenvalue weighted by Crippen LogP contribution is 2.24. The number of benzene rings is 1. The SMILES string of the molecule is CC(C)N1C(=O)C(=O)N(C(C)C)C1=Nc1ccc([N+](=O)[O-])cc1. The van der Waals surface area contributed by atoms with Crippen molar-refractivity contribution in [3.05, 3.63) is 34.4 Å². The van der Waals surface area contributed by atoms with Gasteiger partial charge >= 0.3 is 11.8 Å². The van der Waals surface area contributed by atoms with Gasteiger partial charge in [-0.1, -0.05) is 0 Å². The lowest BCUT2D eigenvalue weighted by Crippen LogP contribution is -2.41. The van der Waals surface area contributed by atoms with E-state index in [9.17, 15) is 19.7 Å². The van der Waals surface area contributed by atoms with Gasteiger partial charge in [0, 0.05) is 24.2 Å². The quantitative estimate of drug-likeness (QED) is 0.482.